The molecule has 0 radical (unpaired) electrons. The minimum absolute atomic E-state index is 0.00393. The fourth-order valence-corrected chi connectivity index (χ4v) is 5.36. The fraction of sp³-hybridized carbons (Fsp3) is 0.318. The van der Waals surface area contributed by atoms with Crippen LogP contribution < -0.4 is 14.8 Å². The molecule has 0 spiro atoms. The summed E-state index contributed by atoms with van der Waals surface area (Å²) in [6, 6.07) is 10.8. The van der Waals surface area contributed by atoms with Crippen LogP contribution in [-0.2, 0) is 25.8 Å². The van der Waals surface area contributed by atoms with Gasteiger partial charge in [-0.25, -0.2) is 26.3 Å². The van der Waals surface area contributed by atoms with Gasteiger partial charge in [-0.15, -0.1) is 6.58 Å². The van der Waals surface area contributed by atoms with Crippen molar-refractivity contribution in [1.29, 1.82) is 0 Å². The van der Waals surface area contributed by atoms with Crippen LogP contribution in [0, 0.1) is 6.92 Å². The number of benzene rings is 2. The van der Waals surface area contributed by atoms with Crippen LogP contribution in [0.1, 0.15) is 42.3 Å². The molecule has 2 aromatic carbocycles. The molecule has 0 heterocycles. The second-order valence-electron chi connectivity index (χ2n) is 8.38. The van der Waals surface area contributed by atoms with Crippen LogP contribution in [0.25, 0.3) is 0 Å². The molecule has 0 atom stereocenters. The third kappa shape index (κ3) is 7.56. The minimum Gasteiger partial charge on any atom is -0.322 e. The molecule has 174 valence electrons. The van der Waals surface area contributed by atoms with E-state index < -0.39 is 31.5 Å². The van der Waals surface area contributed by atoms with Crippen LogP contribution in [0.3, 0.4) is 0 Å². The summed E-state index contributed by atoms with van der Waals surface area (Å²) in [7, 11) is -7.28. The van der Waals surface area contributed by atoms with Crippen molar-refractivity contribution in [2.45, 2.75) is 43.9 Å². The first-order valence-corrected chi connectivity index (χ1v) is 13.0. The van der Waals surface area contributed by atoms with E-state index in [-0.39, 0.29) is 22.8 Å². The normalized spacial score (nSPS) is 12.4. The van der Waals surface area contributed by atoms with E-state index in [0.717, 1.165) is 0 Å². The topological polar surface area (TPSA) is 121 Å². The Morgan fingerprint density at radius 1 is 1.03 bits per heavy atom. The lowest BCUT2D eigenvalue weighted by Crippen LogP contribution is -2.40. The van der Waals surface area contributed by atoms with Gasteiger partial charge in [0.1, 0.15) is 0 Å². The van der Waals surface area contributed by atoms with Gasteiger partial charge in [0.05, 0.1) is 10.6 Å². The number of aryl methyl sites for hydroxylation is 1. The van der Waals surface area contributed by atoms with E-state index in [4.69, 9.17) is 0 Å². The van der Waals surface area contributed by atoms with E-state index in [1.165, 1.54) is 18.2 Å². The number of carbonyl (C=O) groups is 1. The Morgan fingerprint density at radius 2 is 1.66 bits per heavy atom. The van der Waals surface area contributed by atoms with Crippen LogP contribution in [-0.4, -0.2) is 34.8 Å². The second kappa shape index (κ2) is 9.95. The molecule has 0 aromatic heterocycles. The molecule has 0 fully saturated rings. The molecule has 0 aliphatic heterocycles. The van der Waals surface area contributed by atoms with E-state index in [1.54, 1.807) is 58.0 Å². The molecule has 2 aromatic rings. The van der Waals surface area contributed by atoms with E-state index in [1.807, 2.05) is 0 Å². The highest BCUT2D eigenvalue weighted by Crippen LogP contribution is 2.20. The van der Waals surface area contributed by atoms with Gasteiger partial charge in [0.15, 0.2) is 0 Å². The number of hydrogen-bond acceptors (Lipinski definition) is 5. The Hall–Kier alpha value is -2.53. The Balaban J connectivity index is 2.18. The first kappa shape index (κ1) is 25.7. The van der Waals surface area contributed by atoms with Crippen LogP contribution in [0.2, 0.25) is 0 Å². The standard InChI is InChI=1S/C22H29N3O5S2/c1-6-13-23-31(27,28)15-17-8-10-18(11-9-17)24-21(26)20-14-19(12-7-16(20)2)32(29,30)25-22(3,4)5/h6-12,14,23,25H,1,13,15H2,2-5H3,(H,24,26). The Labute approximate surface area is 190 Å². The molecule has 2 rings (SSSR count). The maximum atomic E-state index is 12.8. The van der Waals surface area contributed by atoms with E-state index in [9.17, 15) is 21.6 Å². The van der Waals surface area contributed by atoms with Gasteiger partial charge in [-0.2, -0.15) is 0 Å². The average Bonchev–Trinajstić information content (AvgIpc) is 2.66. The van der Waals surface area contributed by atoms with Crippen molar-refractivity contribution in [3.63, 3.8) is 0 Å². The van der Waals surface area contributed by atoms with Gasteiger partial charge in [0, 0.05) is 23.3 Å². The monoisotopic (exact) mass is 479 g/mol. The lowest BCUT2D eigenvalue weighted by Gasteiger charge is -2.20. The predicted octanol–water partition coefficient (Wildman–Crippen LogP) is 2.93. The summed E-state index contributed by atoms with van der Waals surface area (Å²) in [5.74, 6) is -0.669. The fourth-order valence-electron chi connectivity index (χ4n) is 2.81. The number of rotatable bonds is 9. The van der Waals surface area contributed by atoms with Crippen LogP contribution in [0.15, 0.2) is 60.0 Å². The Morgan fingerprint density at radius 3 is 2.22 bits per heavy atom. The molecule has 0 unspecified atom stereocenters. The van der Waals surface area contributed by atoms with Crippen molar-refractivity contribution in [3.05, 3.63) is 71.8 Å². The van der Waals surface area contributed by atoms with Crippen LogP contribution >= 0.6 is 0 Å². The van der Waals surface area contributed by atoms with Crippen molar-refractivity contribution in [3.8, 4) is 0 Å². The van der Waals surface area contributed by atoms with Crippen molar-refractivity contribution in [2.24, 2.45) is 0 Å². The van der Waals surface area contributed by atoms with Crippen molar-refractivity contribution < 1.29 is 21.6 Å². The number of sulfonamides is 2. The number of anilines is 1. The molecular weight excluding hydrogens is 450 g/mol. The Kier molecular flexibility index (Phi) is 8.00. The first-order chi connectivity index (χ1) is 14.7. The SMILES string of the molecule is C=CCNS(=O)(=O)Cc1ccc(NC(=O)c2cc(S(=O)(=O)NC(C)(C)C)ccc2C)cc1. The van der Waals surface area contributed by atoms with E-state index >= 15 is 0 Å². The number of nitrogens with one attached hydrogen (secondary N) is 3. The number of carbonyl (C=O) groups excluding carboxylic acids is 1. The highest BCUT2D eigenvalue weighted by atomic mass is 32.2. The van der Waals surface area contributed by atoms with Gasteiger partial charge in [-0.3, -0.25) is 4.79 Å². The number of amides is 1. The molecule has 0 aliphatic rings. The quantitative estimate of drug-likeness (QED) is 0.478. The van der Waals surface area contributed by atoms with Crippen molar-refractivity contribution in [1.82, 2.24) is 9.44 Å². The summed E-state index contributed by atoms with van der Waals surface area (Å²) >= 11 is 0. The summed E-state index contributed by atoms with van der Waals surface area (Å²) in [6.07, 6.45) is 1.46. The molecule has 10 heteroatoms. The van der Waals surface area contributed by atoms with Gasteiger partial charge in [-0.05, 0) is 63.1 Å². The molecule has 1 amide bonds. The smallest absolute Gasteiger partial charge is 0.255 e. The zero-order chi connectivity index (χ0) is 24.2. The van der Waals surface area contributed by atoms with Gasteiger partial charge in [0.25, 0.3) is 5.91 Å². The Bertz CT molecular complexity index is 1200. The molecule has 3 N–H and O–H groups in total. The highest BCUT2D eigenvalue weighted by molar-refractivity contribution is 7.89. The molecule has 8 nitrogen and oxygen atoms in total. The maximum Gasteiger partial charge on any atom is 0.255 e. The predicted molar refractivity (Wildman–Crippen MR) is 126 cm³/mol. The first-order valence-electron chi connectivity index (χ1n) is 9.85. The van der Waals surface area contributed by atoms with Crippen molar-refractivity contribution >= 4 is 31.6 Å². The van der Waals surface area contributed by atoms with Gasteiger partial charge in [-0.1, -0.05) is 24.3 Å². The third-order valence-corrected chi connectivity index (χ3v) is 7.30. The minimum atomic E-state index is -3.79. The lowest BCUT2D eigenvalue weighted by molar-refractivity contribution is 0.102. The molecule has 0 bridgehead atoms. The maximum absolute atomic E-state index is 12.8. The van der Waals surface area contributed by atoms with Gasteiger partial charge >= 0.3 is 0 Å². The molecular formula is C22H29N3O5S2. The summed E-state index contributed by atoms with van der Waals surface area (Å²) in [5, 5.41) is 2.72. The van der Waals surface area contributed by atoms with E-state index in [0.29, 0.717) is 16.8 Å². The average molecular weight is 480 g/mol. The summed E-state index contributed by atoms with van der Waals surface area (Å²) in [5.41, 5.74) is 1.19. The van der Waals surface area contributed by atoms with Gasteiger partial charge in [0.2, 0.25) is 20.0 Å². The van der Waals surface area contributed by atoms with Crippen molar-refractivity contribution in [2.75, 3.05) is 11.9 Å². The molecule has 0 aliphatic carbocycles. The molecule has 32 heavy (non-hydrogen) atoms. The highest BCUT2D eigenvalue weighted by Gasteiger charge is 2.23. The van der Waals surface area contributed by atoms with E-state index in [2.05, 4.69) is 21.3 Å². The zero-order valence-corrected chi connectivity index (χ0v) is 20.2. The second-order valence-corrected chi connectivity index (χ2v) is 11.9. The lowest BCUT2D eigenvalue weighted by atomic mass is 10.1. The van der Waals surface area contributed by atoms with Crippen LogP contribution in [0.5, 0.6) is 0 Å². The summed E-state index contributed by atoms with van der Waals surface area (Å²) in [4.78, 5) is 12.8. The molecule has 0 saturated heterocycles. The molecule has 0 saturated carbocycles. The number of hydrogen-bond donors (Lipinski definition) is 3. The summed E-state index contributed by atoms with van der Waals surface area (Å²) < 4.78 is 54.1. The summed E-state index contributed by atoms with van der Waals surface area (Å²) in [6.45, 7) is 10.5. The zero-order valence-electron chi connectivity index (χ0n) is 18.6. The largest absolute Gasteiger partial charge is 0.322 e. The third-order valence-electron chi connectivity index (χ3n) is 4.22. The van der Waals surface area contributed by atoms with Crippen LogP contribution in [0.4, 0.5) is 5.69 Å². The van der Waals surface area contributed by atoms with Gasteiger partial charge < -0.3 is 5.32 Å².